The number of thioether (sulfide) groups is 1. The lowest BCUT2D eigenvalue weighted by Crippen LogP contribution is -2.51. The first-order valence-electron chi connectivity index (χ1n) is 6.79. The van der Waals surface area contributed by atoms with Crippen LogP contribution >= 0.6 is 11.8 Å². The van der Waals surface area contributed by atoms with E-state index in [0.717, 1.165) is 17.9 Å². The quantitative estimate of drug-likeness (QED) is 0.569. The van der Waals surface area contributed by atoms with Gasteiger partial charge < -0.3 is 15.7 Å². The normalized spacial score (nSPS) is 15.4. The van der Waals surface area contributed by atoms with Gasteiger partial charge in [0.2, 0.25) is 0 Å². The molecule has 0 bridgehead atoms. The fourth-order valence-corrected chi connectivity index (χ4v) is 2.38. The summed E-state index contributed by atoms with van der Waals surface area (Å²) < 4.78 is 0. The van der Waals surface area contributed by atoms with E-state index in [1.54, 1.807) is 0 Å². The van der Waals surface area contributed by atoms with Crippen LogP contribution in [0.2, 0.25) is 0 Å². The van der Waals surface area contributed by atoms with E-state index >= 15 is 0 Å². The summed E-state index contributed by atoms with van der Waals surface area (Å²) in [5, 5.41) is 14.4. The molecule has 6 heteroatoms. The molecule has 0 radical (unpaired) electrons. The van der Waals surface area contributed by atoms with Crippen molar-refractivity contribution < 1.29 is 14.7 Å². The molecule has 0 aromatic carbocycles. The summed E-state index contributed by atoms with van der Waals surface area (Å²) in [7, 11) is 0. The van der Waals surface area contributed by atoms with Gasteiger partial charge in [-0.15, -0.1) is 0 Å². The van der Waals surface area contributed by atoms with Crippen LogP contribution in [0, 0.1) is 5.92 Å². The zero-order chi connectivity index (χ0) is 14.8. The lowest BCUT2D eigenvalue weighted by Gasteiger charge is -2.22. The van der Waals surface area contributed by atoms with Gasteiger partial charge in [-0.3, -0.25) is 0 Å². The number of hydrogen-bond donors (Lipinski definition) is 3. The Morgan fingerprint density at radius 1 is 1.21 bits per heavy atom. The van der Waals surface area contributed by atoms with Gasteiger partial charge >= 0.3 is 12.0 Å². The van der Waals surface area contributed by atoms with Crippen LogP contribution in [0.4, 0.5) is 4.79 Å². The maximum absolute atomic E-state index is 11.7. The van der Waals surface area contributed by atoms with Gasteiger partial charge in [0.1, 0.15) is 6.04 Å². The molecule has 19 heavy (non-hydrogen) atoms. The highest BCUT2D eigenvalue weighted by Crippen LogP contribution is 2.08. The molecule has 2 unspecified atom stereocenters. The summed E-state index contributed by atoms with van der Waals surface area (Å²) in [4.78, 5) is 22.8. The van der Waals surface area contributed by atoms with E-state index in [4.69, 9.17) is 5.11 Å². The van der Waals surface area contributed by atoms with Crippen LogP contribution in [0.15, 0.2) is 0 Å². The van der Waals surface area contributed by atoms with Crippen LogP contribution in [-0.2, 0) is 4.79 Å². The Morgan fingerprint density at radius 3 is 2.32 bits per heavy atom. The molecule has 0 aliphatic heterocycles. The van der Waals surface area contributed by atoms with Crippen LogP contribution in [0.25, 0.3) is 0 Å². The SMILES string of the molecule is CCSCCC(C)NC(=O)N[C@H](C(=O)O)C(C)CC. The number of urea groups is 1. The summed E-state index contributed by atoms with van der Waals surface area (Å²) in [5.41, 5.74) is 0. The van der Waals surface area contributed by atoms with Crippen molar-refractivity contribution in [3.63, 3.8) is 0 Å². The molecule has 3 N–H and O–H groups in total. The third-order valence-corrected chi connectivity index (χ3v) is 3.98. The fourth-order valence-electron chi connectivity index (χ4n) is 1.57. The molecule has 0 spiro atoms. The minimum atomic E-state index is -0.987. The van der Waals surface area contributed by atoms with Crippen LogP contribution in [-0.4, -0.2) is 40.7 Å². The fraction of sp³-hybridized carbons (Fsp3) is 0.846. The molecule has 0 aromatic heterocycles. The summed E-state index contributed by atoms with van der Waals surface area (Å²) in [6.45, 7) is 7.75. The monoisotopic (exact) mass is 290 g/mol. The number of rotatable bonds is 9. The van der Waals surface area contributed by atoms with Gasteiger partial charge in [-0.1, -0.05) is 27.2 Å². The second-order valence-electron chi connectivity index (χ2n) is 4.71. The van der Waals surface area contributed by atoms with Crippen LogP contribution in [0.3, 0.4) is 0 Å². The number of carbonyl (C=O) groups excluding carboxylic acids is 1. The van der Waals surface area contributed by atoms with Crippen molar-refractivity contribution in [2.45, 2.75) is 52.6 Å². The number of hydrogen-bond acceptors (Lipinski definition) is 3. The van der Waals surface area contributed by atoms with E-state index in [-0.39, 0.29) is 12.0 Å². The van der Waals surface area contributed by atoms with Crippen molar-refractivity contribution in [3.05, 3.63) is 0 Å². The molecule has 0 saturated carbocycles. The Kier molecular flexibility index (Phi) is 9.47. The first-order chi connectivity index (χ1) is 8.92. The van der Waals surface area contributed by atoms with E-state index in [0.29, 0.717) is 6.42 Å². The van der Waals surface area contributed by atoms with E-state index in [2.05, 4.69) is 17.6 Å². The first-order valence-corrected chi connectivity index (χ1v) is 7.95. The number of carboxylic acids is 1. The minimum absolute atomic E-state index is 0.0467. The standard InChI is InChI=1S/C13H26N2O3S/c1-5-9(3)11(12(16)17)15-13(18)14-10(4)7-8-19-6-2/h9-11H,5-8H2,1-4H3,(H,16,17)(H2,14,15,18)/t9?,10?,11-/m0/s1. The molecule has 2 amide bonds. The highest BCUT2D eigenvalue weighted by atomic mass is 32.2. The Hall–Kier alpha value is -0.910. The Bertz CT molecular complexity index is 287. The highest BCUT2D eigenvalue weighted by Gasteiger charge is 2.25. The van der Waals surface area contributed by atoms with Gasteiger partial charge in [0.15, 0.2) is 0 Å². The molecule has 0 aliphatic rings. The largest absolute Gasteiger partial charge is 0.480 e. The summed E-state index contributed by atoms with van der Waals surface area (Å²) in [5.74, 6) is 0.979. The molecular formula is C13H26N2O3S. The number of carbonyl (C=O) groups is 2. The van der Waals surface area contributed by atoms with Gasteiger partial charge in [-0.05, 0) is 30.8 Å². The smallest absolute Gasteiger partial charge is 0.326 e. The summed E-state index contributed by atoms with van der Waals surface area (Å²) in [6.07, 6.45) is 1.59. The van der Waals surface area contributed by atoms with Gasteiger partial charge in [0, 0.05) is 6.04 Å². The van der Waals surface area contributed by atoms with E-state index in [1.807, 2.05) is 32.5 Å². The molecule has 112 valence electrons. The second-order valence-corrected chi connectivity index (χ2v) is 6.10. The minimum Gasteiger partial charge on any atom is -0.480 e. The number of aliphatic carboxylic acids is 1. The average Bonchev–Trinajstić information content (AvgIpc) is 2.35. The number of amides is 2. The zero-order valence-electron chi connectivity index (χ0n) is 12.2. The van der Waals surface area contributed by atoms with Gasteiger partial charge in [0.25, 0.3) is 0 Å². The predicted molar refractivity (Wildman–Crippen MR) is 79.6 cm³/mol. The lowest BCUT2D eigenvalue weighted by atomic mass is 9.99. The van der Waals surface area contributed by atoms with Crippen LogP contribution in [0.1, 0.15) is 40.5 Å². The number of carboxylic acid groups (broad SMARTS) is 1. The van der Waals surface area contributed by atoms with Gasteiger partial charge in [-0.2, -0.15) is 11.8 Å². The molecule has 0 rings (SSSR count). The summed E-state index contributed by atoms with van der Waals surface area (Å²) in [6, 6.07) is -1.19. The van der Waals surface area contributed by atoms with Gasteiger partial charge in [0.05, 0.1) is 0 Å². The van der Waals surface area contributed by atoms with Crippen molar-refractivity contribution in [2.24, 2.45) is 5.92 Å². The van der Waals surface area contributed by atoms with Crippen molar-refractivity contribution in [1.29, 1.82) is 0 Å². The predicted octanol–water partition coefficient (Wildman–Crippen LogP) is 2.32. The molecule has 0 heterocycles. The third kappa shape index (κ3) is 7.97. The maximum atomic E-state index is 11.7. The molecule has 3 atom stereocenters. The Labute approximate surface area is 119 Å². The van der Waals surface area contributed by atoms with Crippen molar-refractivity contribution in [2.75, 3.05) is 11.5 Å². The first kappa shape index (κ1) is 18.1. The summed E-state index contributed by atoms with van der Waals surface area (Å²) >= 11 is 1.83. The number of nitrogens with one attached hydrogen (secondary N) is 2. The van der Waals surface area contributed by atoms with E-state index in [1.165, 1.54) is 0 Å². The maximum Gasteiger partial charge on any atom is 0.326 e. The lowest BCUT2D eigenvalue weighted by molar-refractivity contribution is -0.140. The van der Waals surface area contributed by atoms with E-state index < -0.39 is 18.0 Å². The van der Waals surface area contributed by atoms with Crippen LogP contribution < -0.4 is 10.6 Å². The Balaban J connectivity index is 4.15. The zero-order valence-corrected chi connectivity index (χ0v) is 13.0. The third-order valence-electron chi connectivity index (χ3n) is 3.04. The Morgan fingerprint density at radius 2 is 1.84 bits per heavy atom. The van der Waals surface area contributed by atoms with Crippen molar-refractivity contribution in [1.82, 2.24) is 10.6 Å². The van der Waals surface area contributed by atoms with Crippen LogP contribution in [0.5, 0.6) is 0 Å². The molecule has 0 fully saturated rings. The topological polar surface area (TPSA) is 78.4 Å². The van der Waals surface area contributed by atoms with E-state index in [9.17, 15) is 9.59 Å². The van der Waals surface area contributed by atoms with Crippen molar-refractivity contribution in [3.8, 4) is 0 Å². The highest BCUT2D eigenvalue weighted by molar-refractivity contribution is 7.99. The molecule has 5 nitrogen and oxygen atoms in total. The van der Waals surface area contributed by atoms with Crippen molar-refractivity contribution >= 4 is 23.8 Å². The molecule has 0 aromatic rings. The molecule has 0 aliphatic carbocycles. The van der Waals surface area contributed by atoms with Gasteiger partial charge in [-0.25, -0.2) is 9.59 Å². The average molecular weight is 290 g/mol. The molecular weight excluding hydrogens is 264 g/mol. The second kappa shape index (κ2) is 9.95. The molecule has 0 saturated heterocycles.